The zero-order valence-electron chi connectivity index (χ0n) is 13.8. The van der Waals surface area contributed by atoms with E-state index >= 15 is 0 Å². The van der Waals surface area contributed by atoms with Gasteiger partial charge in [-0.25, -0.2) is 0 Å². The van der Waals surface area contributed by atoms with E-state index in [1.807, 2.05) is 12.1 Å². The number of hydrogen-bond acceptors (Lipinski definition) is 3. The Bertz CT molecular complexity index is 676. The van der Waals surface area contributed by atoms with Crippen LogP contribution in [0.4, 0.5) is 0 Å². The zero-order chi connectivity index (χ0) is 16.3. The summed E-state index contributed by atoms with van der Waals surface area (Å²) in [7, 11) is 0. The van der Waals surface area contributed by atoms with Crippen LogP contribution in [0, 0.1) is 33.5 Å². The fourth-order valence-corrected chi connectivity index (χ4v) is 5.26. The summed E-state index contributed by atoms with van der Waals surface area (Å²) >= 11 is 0. The highest BCUT2D eigenvalue weighted by Crippen LogP contribution is 2.64. The molecule has 0 heterocycles. The van der Waals surface area contributed by atoms with Crippen molar-refractivity contribution in [2.24, 2.45) is 22.2 Å². The van der Waals surface area contributed by atoms with E-state index in [4.69, 9.17) is 5.26 Å². The Morgan fingerprint density at radius 2 is 1.86 bits per heavy atom. The van der Waals surface area contributed by atoms with Crippen LogP contribution in [0.5, 0.6) is 0 Å². The topological polar surface area (TPSA) is 57.9 Å². The Labute approximate surface area is 132 Å². The van der Waals surface area contributed by atoms with E-state index < -0.39 is 0 Å². The van der Waals surface area contributed by atoms with E-state index in [2.05, 4.69) is 27.7 Å². The lowest BCUT2D eigenvalue weighted by Crippen LogP contribution is -2.54. The summed E-state index contributed by atoms with van der Waals surface area (Å²) in [6, 6.07) is 2.03. The maximum Gasteiger partial charge on any atom is 0.196 e. The Morgan fingerprint density at radius 3 is 2.50 bits per heavy atom. The molecule has 2 saturated carbocycles. The van der Waals surface area contributed by atoms with E-state index in [9.17, 15) is 9.59 Å². The van der Waals surface area contributed by atoms with E-state index in [0.717, 1.165) is 24.8 Å². The van der Waals surface area contributed by atoms with Crippen molar-refractivity contribution in [1.29, 1.82) is 5.26 Å². The molecule has 0 spiro atoms. The van der Waals surface area contributed by atoms with Crippen LogP contribution in [0.1, 0.15) is 53.4 Å². The molecule has 0 aromatic rings. The molecular formula is C19H23NO2. The maximum absolute atomic E-state index is 12.4. The zero-order valence-corrected chi connectivity index (χ0v) is 13.8. The number of nitrogens with zero attached hydrogens (tertiary/aromatic N) is 1. The molecule has 0 unspecified atom stereocenters. The van der Waals surface area contributed by atoms with Crippen molar-refractivity contribution < 1.29 is 9.59 Å². The molecule has 3 rings (SSSR count). The Hall–Kier alpha value is -1.69. The number of Topliss-reactive ketones (excluding diaryl/α,β-unsaturated/α-hetero) is 1. The quantitative estimate of drug-likeness (QED) is 0.684. The lowest BCUT2D eigenvalue weighted by molar-refractivity contribution is -0.140. The first kappa shape index (κ1) is 15.2. The molecule has 3 atom stereocenters. The predicted molar refractivity (Wildman–Crippen MR) is 83.7 cm³/mol. The first-order valence-electron chi connectivity index (χ1n) is 8.08. The second-order valence-electron chi connectivity index (χ2n) is 8.16. The molecular weight excluding hydrogens is 274 g/mol. The van der Waals surface area contributed by atoms with Crippen molar-refractivity contribution in [2.75, 3.05) is 0 Å². The molecule has 0 radical (unpaired) electrons. The van der Waals surface area contributed by atoms with Gasteiger partial charge in [0.1, 0.15) is 11.9 Å². The van der Waals surface area contributed by atoms with Crippen LogP contribution in [0.25, 0.3) is 0 Å². The summed E-state index contributed by atoms with van der Waals surface area (Å²) in [4.78, 5) is 24.6. The molecule has 0 aromatic carbocycles. The lowest BCUT2D eigenvalue weighted by Gasteiger charge is -2.58. The summed E-state index contributed by atoms with van der Waals surface area (Å²) in [6.07, 6.45) is 6.83. The number of fused-ring (bicyclic) bond motifs is 3. The minimum atomic E-state index is -0.336. The largest absolute Gasteiger partial charge is 0.299 e. The molecule has 3 aliphatic rings. The fraction of sp³-hybridized carbons (Fsp3) is 0.632. The van der Waals surface area contributed by atoms with E-state index in [-0.39, 0.29) is 33.5 Å². The summed E-state index contributed by atoms with van der Waals surface area (Å²) in [5.41, 5.74) is 0.718. The van der Waals surface area contributed by atoms with Crippen molar-refractivity contribution in [1.82, 2.24) is 0 Å². The first-order chi connectivity index (χ1) is 10.1. The third-order valence-corrected chi connectivity index (χ3v) is 6.54. The van der Waals surface area contributed by atoms with Gasteiger partial charge in [-0.05, 0) is 36.7 Å². The van der Waals surface area contributed by atoms with Gasteiger partial charge in [0.25, 0.3) is 0 Å². The van der Waals surface area contributed by atoms with Gasteiger partial charge in [-0.15, -0.1) is 0 Å². The van der Waals surface area contributed by atoms with Crippen LogP contribution in [-0.4, -0.2) is 11.6 Å². The third-order valence-electron chi connectivity index (χ3n) is 6.54. The van der Waals surface area contributed by atoms with Crippen molar-refractivity contribution in [3.8, 4) is 6.07 Å². The molecule has 0 saturated heterocycles. The number of carbonyl (C=O) groups is 2. The van der Waals surface area contributed by atoms with Crippen LogP contribution in [0.15, 0.2) is 23.3 Å². The molecule has 116 valence electrons. The van der Waals surface area contributed by atoms with Crippen molar-refractivity contribution in [3.05, 3.63) is 23.3 Å². The molecule has 3 aliphatic carbocycles. The van der Waals surface area contributed by atoms with Gasteiger partial charge in [-0.1, -0.05) is 39.3 Å². The third kappa shape index (κ3) is 1.79. The summed E-state index contributed by atoms with van der Waals surface area (Å²) in [5, 5.41) is 9.17. The van der Waals surface area contributed by atoms with Gasteiger partial charge in [0.2, 0.25) is 0 Å². The average molecular weight is 297 g/mol. The van der Waals surface area contributed by atoms with Gasteiger partial charge in [-0.2, -0.15) is 5.26 Å². The first-order valence-corrected chi connectivity index (χ1v) is 8.08. The van der Waals surface area contributed by atoms with Gasteiger partial charge in [0.05, 0.1) is 5.57 Å². The Morgan fingerprint density at radius 1 is 1.18 bits per heavy atom. The molecule has 0 aromatic heterocycles. The van der Waals surface area contributed by atoms with Crippen LogP contribution < -0.4 is 0 Å². The minimum absolute atomic E-state index is 0.127. The standard InChI is InChI=1S/C19H23NO2/c1-17(2)14-5-7-18(3)10-12(11-20)13(21)9-15(18)19(14,4)8-6-16(17)22/h9-10,14H,5-8H2,1-4H3/t14-,18-,19-/m0/s1. The number of carbonyl (C=O) groups excluding carboxylic acids is 2. The summed E-state index contributed by atoms with van der Waals surface area (Å²) in [6.45, 7) is 8.46. The molecule has 0 amide bonds. The highest BCUT2D eigenvalue weighted by atomic mass is 16.1. The summed E-state index contributed by atoms with van der Waals surface area (Å²) < 4.78 is 0. The van der Waals surface area contributed by atoms with E-state index in [0.29, 0.717) is 12.2 Å². The molecule has 2 fully saturated rings. The number of hydrogen-bond donors (Lipinski definition) is 0. The monoisotopic (exact) mass is 297 g/mol. The Balaban J connectivity index is 2.13. The van der Waals surface area contributed by atoms with E-state index in [1.165, 1.54) is 0 Å². The van der Waals surface area contributed by atoms with Crippen molar-refractivity contribution in [2.45, 2.75) is 53.4 Å². The molecule has 0 N–H and O–H groups in total. The second kappa shape index (κ2) is 4.41. The number of rotatable bonds is 0. The molecule has 3 nitrogen and oxygen atoms in total. The van der Waals surface area contributed by atoms with Gasteiger partial charge in [0, 0.05) is 17.3 Å². The maximum atomic E-state index is 12.4. The highest BCUT2D eigenvalue weighted by molar-refractivity contribution is 6.08. The smallest absolute Gasteiger partial charge is 0.196 e. The normalized spacial score (nSPS) is 40.0. The van der Waals surface area contributed by atoms with Gasteiger partial charge in [-0.3, -0.25) is 9.59 Å². The molecule has 0 aliphatic heterocycles. The van der Waals surface area contributed by atoms with Crippen LogP contribution in [0.2, 0.25) is 0 Å². The molecule has 0 bridgehead atoms. The second-order valence-corrected chi connectivity index (χ2v) is 8.16. The Kier molecular flexibility index (Phi) is 3.05. The van der Waals surface area contributed by atoms with Crippen molar-refractivity contribution >= 4 is 11.6 Å². The van der Waals surface area contributed by atoms with Crippen LogP contribution >= 0.6 is 0 Å². The van der Waals surface area contributed by atoms with Crippen molar-refractivity contribution in [3.63, 3.8) is 0 Å². The molecule has 3 heteroatoms. The minimum Gasteiger partial charge on any atom is -0.299 e. The van der Waals surface area contributed by atoms with Crippen LogP contribution in [-0.2, 0) is 9.59 Å². The summed E-state index contributed by atoms with van der Waals surface area (Å²) in [5.74, 6) is 0.437. The SMILES string of the molecule is CC1(C)C(=O)CC[C@]2(C)C3=CC(=O)C(C#N)=C[C@]3(C)CC[C@@H]12. The van der Waals surface area contributed by atoms with Gasteiger partial charge in [0.15, 0.2) is 5.78 Å². The fourth-order valence-electron chi connectivity index (χ4n) is 5.26. The average Bonchev–Trinajstić information content (AvgIpc) is 2.44. The van der Waals surface area contributed by atoms with E-state index in [1.54, 1.807) is 6.08 Å². The van der Waals surface area contributed by atoms with Gasteiger partial charge >= 0.3 is 0 Å². The molecule has 22 heavy (non-hydrogen) atoms. The van der Waals surface area contributed by atoms with Gasteiger partial charge < -0.3 is 0 Å². The number of nitriles is 1. The predicted octanol–water partition coefficient (Wildman–Crippen LogP) is 3.76. The van der Waals surface area contributed by atoms with Crippen LogP contribution in [0.3, 0.4) is 0 Å². The number of allylic oxidation sites excluding steroid dienone is 4. The highest BCUT2D eigenvalue weighted by Gasteiger charge is 2.58. The number of ketones is 2. The lowest BCUT2D eigenvalue weighted by atomic mass is 9.44.